The molecule has 1 unspecified atom stereocenters. The van der Waals surface area contributed by atoms with E-state index < -0.39 is 11.4 Å². The van der Waals surface area contributed by atoms with E-state index in [1.807, 2.05) is 19.1 Å². The van der Waals surface area contributed by atoms with E-state index in [0.29, 0.717) is 6.61 Å². The van der Waals surface area contributed by atoms with E-state index in [0.717, 1.165) is 50.5 Å². The molecule has 0 spiro atoms. The van der Waals surface area contributed by atoms with Crippen molar-refractivity contribution in [3.05, 3.63) is 24.3 Å². The second-order valence-corrected chi connectivity index (χ2v) is 6.79. The van der Waals surface area contributed by atoms with E-state index in [1.54, 1.807) is 0 Å². The zero-order valence-electron chi connectivity index (χ0n) is 13.1. The summed E-state index contributed by atoms with van der Waals surface area (Å²) in [4.78, 5) is 2.37. The van der Waals surface area contributed by atoms with Crippen LogP contribution in [0.4, 0.5) is 5.69 Å². The van der Waals surface area contributed by atoms with Gasteiger partial charge in [-0.25, -0.2) is 0 Å². The monoisotopic (exact) mass is 310 g/mol. The predicted octanol–water partition coefficient (Wildman–Crippen LogP) is 2.67. The van der Waals surface area contributed by atoms with Gasteiger partial charge in [-0.1, -0.05) is 6.92 Å². The summed E-state index contributed by atoms with van der Waals surface area (Å²) in [5.74, 6) is 1.70. The number of hydrogen-bond acceptors (Lipinski definition) is 4. The van der Waals surface area contributed by atoms with E-state index >= 15 is 0 Å². The average molecular weight is 310 g/mol. The smallest absolute Gasteiger partial charge is 0.125 e. The molecule has 1 aliphatic rings. The van der Waals surface area contributed by atoms with Crippen LogP contribution < -0.4 is 9.64 Å². The fourth-order valence-corrected chi connectivity index (χ4v) is 3.80. The van der Waals surface area contributed by atoms with Crippen LogP contribution in [0.2, 0.25) is 0 Å². The highest BCUT2D eigenvalue weighted by Gasteiger charge is 2.23. The first-order valence-electron chi connectivity index (χ1n) is 7.85. The summed E-state index contributed by atoms with van der Waals surface area (Å²) < 4.78 is 19.7. The summed E-state index contributed by atoms with van der Waals surface area (Å²) in [7, 11) is 0. The molecule has 0 N–H and O–H groups in total. The van der Waals surface area contributed by atoms with Crippen LogP contribution in [-0.4, -0.2) is 47.4 Å². The molecule has 21 heavy (non-hydrogen) atoms. The highest BCUT2D eigenvalue weighted by molar-refractivity contribution is 7.89. The number of benzene rings is 1. The lowest BCUT2D eigenvalue weighted by atomic mass is 10.2. The third kappa shape index (κ3) is 4.80. The van der Waals surface area contributed by atoms with Crippen molar-refractivity contribution in [2.45, 2.75) is 26.7 Å². The molecule has 1 atom stereocenters. The summed E-state index contributed by atoms with van der Waals surface area (Å²) in [5, 5.41) is 0. The topological polar surface area (TPSA) is 38.8 Å². The maximum absolute atomic E-state index is 12.1. The molecule has 2 rings (SSSR count). The van der Waals surface area contributed by atoms with Crippen molar-refractivity contribution in [1.82, 2.24) is 4.31 Å². The van der Waals surface area contributed by atoms with Crippen LogP contribution in [0.15, 0.2) is 24.3 Å². The van der Waals surface area contributed by atoms with E-state index in [4.69, 9.17) is 4.74 Å². The summed E-state index contributed by atoms with van der Waals surface area (Å²) >= 11 is -0.809. The molecule has 1 fully saturated rings. The van der Waals surface area contributed by atoms with Crippen LogP contribution in [0, 0.1) is 0 Å². The lowest BCUT2D eigenvalue weighted by Crippen LogP contribution is -2.36. The molecular formula is C16H26N2O2S. The van der Waals surface area contributed by atoms with Crippen molar-refractivity contribution in [1.29, 1.82) is 0 Å². The molecule has 118 valence electrons. The minimum absolute atomic E-state index is 0.696. The van der Waals surface area contributed by atoms with Gasteiger partial charge in [-0.3, -0.25) is 0 Å². The van der Waals surface area contributed by atoms with E-state index in [9.17, 15) is 4.55 Å². The van der Waals surface area contributed by atoms with Gasteiger partial charge in [-0.15, -0.1) is 4.31 Å². The number of hydrogen-bond donors (Lipinski definition) is 0. The van der Waals surface area contributed by atoms with Crippen LogP contribution in [-0.2, 0) is 11.4 Å². The molecule has 1 heterocycles. The second-order valence-electron chi connectivity index (χ2n) is 5.22. The number of anilines is 1. The Morgan fingerprint density at radius 1 is 1.10 bits per heavy atom. The van der Waals surface area contributed by atoms with Crippen LogP contribution in [0.5, 0.6) is 5.75 Å². The third-order valence-corrected chi connectivity index (χ3v) is 5.33. The summed E-state index contributed by atoms with van der Waals surface area (Å²) in [5.41, 5.74) is 1.22. The van der Waals surface area contributed by atoms with Gasteiger partial charge < -0.3 is 14.2 Å². The number of nitrogens with zero attached hydrogens (tertiary/aromatic N) is 2. The molecule has 1 aliphatic heterocycles. The van der Waals surface area contributed by atoms with Gasteiger partial charge in [-0.05, 0) is 44.0 Å². The first kappa shape index (κ1) is 16.5. The first-order chi connectivity index (χ1) is 10.2. The highest BCUT2D eigenvalue weighted by Crippen LogP contribution is 2.21. The van der Waals surface area contributed by atoms with Gasteiger partial charge in [-0.2, -0.15) is 0 Å². The van der Waals surface area contributed by atoms with Crippen molar-refractivity contribution in [3.63, 3.8) is 0 Å². The molecule has 0 aromatic heterocycles. The highest BCUT2D eigenvalue weighted by atomic mass is 32.2. The van der Waals surface area contributed by atoms with Crippen LogP contribution >= 0.6 is 0 Å². The Labute approximate surface area is 131 Å². The quantitative estimate of drug-likeness (QED) is 0.757. The zero-order chi connectivity index (χ0) is 15.1. The molecule has 0 bridgehead atoms. The van der Waals surface area contributed by atoms with Crippen molar-refractivity contribution in [2.24, 2.45) is 0 Å². The summed E-state index contributed by atoms with van der Waals surface area (Å²) in [6.45, 7) is 8.54. The van der Waals surface area contributed by atoms with Crippen molar-refractivity contribution < 1.29 is 9.29 Å². The van der Waals surface area contributed by atoms with Crippen LogP contribution in [0.3, 0.4) is 0 Å². The van der Waals surface area contributed by atoms with Gasteiger partial charge in [0.25, 0.3) is 0 Å². The largest absolute Gasteiger partial charge is 0.598 e. The standard InChI is InChI=1S/C16H26N2O2S/c1-3-14-21(19)18-11-5-10-17(12-13-18)15-6-8-16(9-7-15)20-4-2/h6-9H,3-5,10-14H2,1-2H3. The summed E-state index contributed by atoms with van der Waals surface area (Å²) in [6, 6.07) is 8.28. The van der Waals surface area contributed by atoms with E-state index in [1.165, 1.54) is 5.69 Å². The zero-order valence-corrected chi connectivity index (χ0v) is 13.9. The van der Waals surface area contributed by atoms with Crippen molar-refractivity contribution in [2.75, 3.05) is 43.4 Å². The van der Waals surface area contributed by atoms with Crippen molar-refractivity contribution in [3.8, 4) is 5.75 Å². The molecule has 1 saturated heterocycles. The predicted molar refractivity (Wildman–Crippen MR) is 89.3 cm³/mol. The number of rotatable bonds is 6. The van der Waals surface area contributed by atoms with Crippen LogP contribution in [0.25, 0.3) is 0 Å². The molecule has 4 nitrogen and oxygen atoms in total. The van der Waals surface area contributed by atoms with Gasteiger partial charge in [0.15, 0.2) is 0 Å². The maximum Gasteiger partial charge on any atom is 0.125 e. The minimum atomic E-state index is -0.809. The maximum atomic E-state index is 12.1. The fraction of sp³-hybridized carbons (Fsp3) is 0.625. The Kier molecular flexibility index (Phi) is 6.67. The normalized spacial score (nSPS) is 18.3. The molecule has 0 radical (unpaired) electrons. The molecular weight excluding hydrogens is 284 g/mol. The van der Waals surface area contributed by atoms with Crippen molar-refractivity contribution >= 4 is 17.0 Å². The van der Waals surface area contributed by atoms with Gasteiger partial charge >= 0.3 is 0 Å². The molecule has 5 heteroatoms. The Hall–Kier alpha value is -0.910. The Balaban J connectivity index is 1.93. The molecule has 0 aliphatic carbocycles. The average Bonchev–Trinajstić information content (AvgIpc) is 2.75. The van der Waals surface area contributed by atoms with Gasteiger partial charge in [0.2, 0.25) is 0 Å². The number of ether oxygens (including phenoxy) is 1. The Morgan fingerprint density at radius 2 is 1.86 bits per heavy atom. The van der Waals surface area contributed by atoms with E-state index in [-0.39, 0.29) is 0 Å². The Morgan fingerprint density at radius 3 is 2.52 bits per heavy atom. The first-order valence-corrected chi connectivity index (χ1v) is 9.13. The van der Waals surface area contributed by atoms with Crippen LogP contribution in [0.1, 0.15) is 26.7 Å². The lowest BCUT2D eigenvalue weighted by Gasteiger charge is -2.24. The molecule has 0 saturated carbocycles. The molecule has 1 aromatic carbocycles. The van der Waals surface area contributed by atoms with Gasteiger partial charge in [0.1, 0.15) is 11.5 Å². The van der Waals surface area contributed by atoms with Gasteiger partial charge in [0, 0.05) is 36.7 Å². The molecule has 1 aromatic rings. The second kappa shape index (κ2) is 8.51. The third-order valence-electron chi connectivity index (χ3n) is 3.63. The fourth-order valence-electron chi connectivity index (χ4n) is 2.58. The molecule has 0 amide bonds. The summed E-state index contributed by atoms with van der Waals surface area (Å²) in [6.07, 6.45) is 2.04. The van der Waals surface area contributed by atoms with E-state index in [2.05, 4.69) is 28.3 Å². The minimum Gasteiger partial charge on any atom is -0.598 e. The lowest BCUT2D eigenvalue weighted by molar-refractivity contribution is 0.340. The Bertz CT molecular complexity index is 413. The van der Waals surface area contributed by atoms with Gasteiger partial charge in [0.05, 0.1) is 13.2 Å². The SMILES string of the molecule is CCC[S+]([O-])N1CCCN(c2ccc(OCC)cc2)CC1.